The first-order valence-corrected chi connectivity index (χ1v) is 3.91. The van der Waals surface area contributed by atoms with Gasteiger partial charge in [-0.1, -0.05) is 0 Å². The number of aliphatic hydroxyl groups is 3. The topological polar surface area (TPSA) is 107 Å². The molecule has 1 saturated carbocycles. The van der Waals surface area contributed by atoms with Crippen molar-refractivity contribution in [3.8, 4) is 0 Å². The number of carbonyl (C=O) groups is 1. The summed E-state index contributed by atoms with van der Waals surface area (Å²) in [7, 11) is 0. The molecule has 6 nitrogen and oxygen atoms in total. The van der Waals surface area contributed by atoms with Gasteiger partial charge >= 0.3 is 5.97 Å². The van der Waals surface area contributed by atoms with Gasteiger partial charge in [-0.2, -0.15) is 0 Å². The molecule has 2 heterocycles. The van der Waals surface area contributed by atoms with E-state index in [0.717, 1.165) is 0 Å². The van der Waals surface area contributed by atoms with E-state index >= 15 is 0 Å². The molecule has 3 rings (SSSR count). The van der Waals surface area contributed by atoms with E-state index < -0.39 is 36.0 Å². The fourth-order valence-corrected chi connectivity index (χ4v) is 1.90. The number of aliphatic carboxylic acids is 1. The summed E-state index contributed by atoms with van der Waals surface area (Å²) in [5.41, 5.74) is -1.98. The van der Waals surface area contributed by atoms with E-state index in [0.29, 0.717) is 0 Å². The van der Waals surface area contributed by atoms with E-state index in [1.54, 1.807) is 0 Å². The van der Waals surface area contributed by atoms with Crippen LogP contribution in [0.3, 0.4) is 0 Å². The van der Waals surface area contributed by atoms with E-state index in [1.807, 2.05) is 0 Å². The first-order valence-electron chi connectivity index (χ1n) is 3.91. The van der Waals surface area contributed by atoms with E-state index in [4.69, 9.17) is 9.84 Å². The van der Waals surface area contributed by atoms with Gasteiger partial charge in [0, 0.05) is 12.8 Å². The zero-order chi connectivity index (χ0) is 9.85. The number of rotatable bonds is 1. The van der Waals surface area contributed by atoms with Crippen LogP contribution in [-0.2, 0) is 9.53 Å². The van der Waals surface area contributed by atoms with Crippen LogP contribution in [0.5, 0.6) is 0 Å². The number of ether oxygens (including phenoxy) is 1. The van der Waals surface area contributed by atoms with E-state index in [2.05, 4.69) is 0 Å². The molecule has 0 radical (unpaired) electrons. The second kappa shape index (κ2) is 2.21. The Morgan fingerprint density at radius 2 is 2.08 bits per heavy atom. The van der Waals surface area contributed by atoms with Gasteiger partial charge in [0.05, 0.1) is 6.10 Å². The van der Waals surface area contributed by atoms with Crippen LogP contribution >= 0.6 is 0 Å². The van der Waals surface area contributed by atoms with Gasteiger partial charge in [-0.15, -0.1) is 0 Å². The Kier molecular flexibility index (Phi) is 1.51. The molecule has 2 saturated heterocycles. The van der Waals surface area contributed by atoms with Crippen molar-refractivity contribution in [1.82, 2.24) is 0 Å². The molecule has 0 aromatic heterocycles. The number of aliphatic hydroxyl groups excluding tert-OH is 1. The first-order chi connectivity index (χ1) is 5.87. The fourth-order valence-electron chi connectivity index (χ4n) is 1.90. The second-order valence-corrected chi connectivity index (χ2v) is 3.66. The third-order valence-corrected chi connectivity index (χ3v) is 2.65. The van der Waals surface area contributed by atoms with Crippen LogP contribution in [0.4, 0.5) is 0 Å². The molecule has 6 heteroatoms. The highest BCUT2D eigenvalue weighted by Gasteiger charge is 2.66. The van der Waals surface area contributed by atoms with Crippen molar-refractivity contribution in [3.63, 3.8) is 0 Å². The van der Waals surface area contributed by atoms with Gasteiger partial charge in [0.1, 0.15) is 6.10 Å². The third kappa shape index (κ3) is 1.000. The highest BCUT2D eigenvalue weighted by atomic mass is 16.7. The molecule has 13 heavy (non-hydrogen) atoms. The SMILES string of the molecule is O=C(O)C1(O)CC2OC(O)(C1)C2O. The molecule has 1 aliphatic carbocycles. The molecule has 0 aromatic carbocycles. The summed E-state index contributed by atoms with van der Waals surface area (Å²) in [6.45, 7) is 0. The summed E-state index contributed by atoms with van der Waals surface area (Å²) in [5, 5.41) is 36.7. The monoisotopic (exact) mass is 190 g/mol. The molecule has 4 unspecified atom stereocenters. The van der Waals surface area contributed by atoms with E-state index in [9.17, 15) is 20.1 Å². The summed E-state index contributed by atoms with van der Waals surface area (Å²) in [4.78, 5) is 10.6. The lowest BCUT2D eigenvalue weighted by atomic mass is 9.73. The van der Waals surface area contributed by atoms with Crippen molar-refractivity contribution < 1.29 is 30.0 Å². The average Bonchev–Trinajstić information content (AvgIpc) is 2.02. The number of fused-ring (bicyclic) bond motifs is 2. The Hall–Kier alpha value is -0.690. The molecule has 2 bridgehead atoms. The van der Waals surface area contributed by atoms with Crippen molar-refractivity contribution in [1.29, 1.82) is 0 Å². The predicted molar refractivity (Wildman–Crippen MR) is 37.6 cm³/mol. The van der Waals surface area contributed by atoms with Gasteiger partial charge in [-0.3, -0.25) is 0 Å². The number of hydrogen-bond donors (Lipinski definition) is 4. The molecule has 3 aliphatic rings. The molecular formula is C7H10O6. The minimum atomic E-state index is -1.98. The number of carboxylic acid groups (broad SMARTS) is 1. The van der Waals surface area contributed by atoms with Gasteiger partial charge in [0.15, 0.2) is 11.4 Å². The lowest BCUT2D eigenvalue weighted by molar-refractivity contribution is -0.422. The first kappa shape index (κ1) is 8.89. The van der Waals surface area contributed by atoms with Crippen LogP contribution in [0.1, 0.15) is 12.8 Å². The predicted octanol–water partition coefficient (Wildman–Crippen LogP) is -1.96. The van der Waals surface area contributed by atoms with Crippen LogP contribution in [-0.4, -0.2) is 50.0 Å². The van der Waals surface area contributed by atoms with Crippen LogP contribution in [0.25, 0.3) is 0 Å². The van der Waals surface area contributed by atoms with Crippen LogP contribution in [0.15, 0.2) is 0 Å². The zero-order valence-electron chi connectivity index (χ0n) is 6.67. The summed E-state index contributed by atoms with van der Waals surface area (Å²) >= 11 is 0. The number of carboxylic acids is 1. The van der Waals surface area contributed by atoms with Crippen LogP contribution < -0.4 is 0 Å². The lowest BCUT2D eigenvalue weighted by Crippen LogP contribution is -2.74. The molecule has 0 amide bonds. The Bertz CT molecular complexity index is 266. The maximum Gasteiger partial charge on any atom is 0.336 e. The van der Waals surface area contributed by atoms with Crippen molar-refractivity contribution in [2.75, 3.05) is 0 Å². The van der Waals surface area contributed by atoms with E-state index in [-0.39, 0.29) is 6.42 Å². The van der Waals surface area contributed by atoms with Crippen molar-refractivity contribution in [3.05, 3.63) is 0 Å². The Balaban J connectivity index is 2.20. The molecule has 74 valence electrons. The van der Waals surface area contributed by atoms with Crippen LogP contribution in [0, 0.1) is 0 Å². The molecule has 0 aromatic rings. The summed E-state index contributed by atoms with van der Waals surface area (Å²) < 4.78 is 4.80. The minimum absolute atomic E-state index is 0.189. The standard InChI is InChI=1S/C7H10O6/c8-4-3-1-6(11,5(9)10)2-7(4,12)13-3/h3-4,8,11-12H,1-2H2,(H,9,10). The van der Waals surface area contributed by atoms with Crippen molar-refractivity contribution >= 4 is 5.97 Å². The number of hydrogen-bond acceptors (Lipinski definition) is 5. The van der Waals surface area contributed by atoms with Gasteiger partial charge < -0.3 is 25.2 Å². The molecule has 4 N–H and O–H groups in total. The highest BCUT2D eigenvalue weighted by molar-refractivity contribution is 5.77. The maximum absolute atomic E-state index is 10.6. The summed E-state index contributed by atoms with van der Waals surface area (Å²) in [5.74, 6) is -3.28. The van der Waals surface area contributed by atoms with Gasteiger partial charge in [-0.05, 0) is 0 Å². The molecule has 0 spiro atoms. The third-order valence-electron chi connectivity index (χ3n) is 2.65. The Morgan fingerprint density at radius 1 is 1.46 bits per heavy atom. The highest BCUT2D eigenvalue weighted by Crippen LogP contribution is 2.47. The van der Waals surface area contributed by atoms with Gasteiger partial charge in [0.25, 0.3) is 0 Å². The van der Waals surface area contributed by atoms with Crippen molar-refractivity contribution in [2.24, 2.45) is 0 Å². The molecular weight excluding hydrogens is 180 g/mol. The summed E-state index contributed by atoms with van der Waals surface area (Å²) in [6.07, 6.45) is -2.55. The second-order valence-electron chi connectivity index (χ2n) is 3.66. The smallest absolute Gasteiger partial charge is 0.336 e. The van der Waals surface area contributed by atoms with Crippen LogP contribution in [0.2, 0.25) is 0 Å². The van der Waals surface area contributed by atoms with Gasteiger partial charge in [0.2, 0.25) is 0 Å². The molecule has 3 fully saturated rings. The van der Waals surface area contributed by atoms with E-state index in [1.165, 1.54) is 0 Å². The lowest BCUT2D eigenvalue weighted by Gasteiger charge is -2.56. The minimum Gasteiger partial charge on any atom is -0.479 e. The quantitative estimate of drug-likeness (QED) is 0.382. The Morgan fingerprint density at radius 3 is 2.46 bits per heavy atom. The Labute approximate surface area is 73.4 Å². The molecule has 2 aliphatic heterocycles. The fraction of sp³-hybridized carbons (Fsp3) is 0.857. The average molecular weight is 190 g/mol. The normalized spacial score (nSPS) is 54.1. The summed E-state index contributed by atoms with van der Waals surface area (Å²) in [6, 6.07) is 0. The maximum atomic E-state index is 10.6. The zero-order valence-corrected chi connectivity index (χ0v) is 6.67. The molecule has 4 atom stereocenters. The van der Waals surface area contributed by atoms with Crippen molar-refractivity contribution in [2.45, 2.75) is 36.4 Å². The van der Waals surface area contributed by atoms with Gasteiger partial charge in [-0.25, -0.2) is 4.79 Å². The largest absolute Gasteiger partial charge is 0.479 e.